The maximum absolute atomic E-state index is 5.21. The van der Waals surface area contributed by atoms with Gasteiger partial charge >= 0.3 is 0 Å². The van der Waals surface area contributed by atoms with Crippen molar-refractivity contribution < 1.29 is 4.74 Å². The summed E-state index contributed by atoms with van der Waals surface area (Å²) < 4.78 is 8.29. The van der Waals surface area contributed by atoms with Crippen LogP contribution >= 0.6 is 47.8 Å². The van der Waals surface area contributed by atoms with E-state index in [1.807, 2.05) is 24.3 Å². The van der Waals surface area contributed by atoms with Crippen molar-refractivity contribution in [3.05, 3.63) is 55.4 Å². The average Bonchev–Trinajstić information content (AvgIpc) is 2.47. The molecule has 0 spiro atoms. The summed E-state index contributed by atoms with van der Waals surface area (Å²) in [7, 11) is 1.68. The minimum atomic E-state index is 0.240. The van der Waals surface area contributed by atoms with E-state index in [-0.39, 0.29) is 6.04 Å². The molecule has 112 valence electrons. The summed E-state index contributed by atoms with van der Waals surface area (Å²) >= 11 is 10.7. The summed E-state index contributed by atoms with van der Waals surface area (Å²) in [6.07, 6.45) is 0.987. The molecule has 5 heteroatoms. The van der Waals surface area contributed by atoms with Crippen molar-refractivity contribution in [2.24, 2.45) is 0 Å². The van der Waals surface area contributed by atoms with E-state index in [0.717, 1.165) is 31.3 Å². The van der Waals surface area contributed by atoms with E-state index >= 15 is 0 Å². The van der Waals surface area contributed by atoms with E-state index in [1.54, 1.807) is 7.11 Å². The van der Waals surface area contributed by atoms with Gasteiger partial charge in [0.25, 0.3) is 0 Å². The van der Waals surface area contributed by atoms with Gasteiger partial charge in [0, 0.05) is 13.4 Å². The lowest BCUT2D eigenvalue weighted by molar-refractivity contribution is 0.414. The molecule has 0 bridgehead atoms. The highest BCUT2D eigenvalue weighted by molar-refractivity contribution is 9.11. The van der Waals surface area contributed by atoms with Crippen molar-refractivity contribution in [2.45, 2.75) is 19.4 Å². The maximum Gasteiger partial charge on any atom is 0.118 e. The van der Waals surface area contributed by atoms with Crippen LogP contribution in [0.15, 0.2) is 49.8 Å². The topological polar surface area (TPSA) is 21.3 Å². The van der Waals surface area contributed by atoms with Crippen molar-refractivity contribution in [3.63, 3.8) is 0 Å². The third kappa shape index (κ3) is 4.24. The van der Waals surface area contributed by atoms with Crippen LogP contribution < -0.4 is 10.1 Å². The molecule has 2 rings (SSSR count). The second-order valence-electron chi connectivity index (χ2n) is 4.62. The molecule has 0 aliphatic carbocycles. The summed E-state index contributed by atoms with van der Waals surface area (Å²) in [6, 6.07) is 12.5. The second kappa shape index (κ2) is 7.65. The van der Waals surface area contributed by atoms with Gasteiger partial charge in [-0.25, -0.2) is 0 Å². The first kappa shape index (κ1) is 16.8. The van der Waals surface area contributed by atoms with E-state index in [9.17, 15) is 0 Å². The van der Waals surface area contributed by atoms with Gasteiger partial charge in [0.15, 0.2) is 0 Å². The number of ether oxygens (including phenoxy) is 1. The Morgan fingerprint density at radius 3 is 2.10 bits per heavy atom. The summed E-state index contributed by atoms with van der Waals surface area (Å²) in [4.78, 5) is 0. The lowest BCUT2D eigenvalue weighted by Crippen LogP contribution is -2.10. The molecule has 0 saturated heterocycles. The van der Waals surface area contributed by atoms with Crippen molar-refractivity contribution in [1.82, 2.24) is 0 Å². The minimum absolute atomic E-state index is 0.240. The van der Waals surface area contributed by atoms with Gasteiger partial charge in [-0.2, -0.15) is 0 Å². The number of halogens is 3. The van der Waals surface area contributed by atoms with Crippen LogP contribution in [-0.4, -0.2) is 7.11 Å². The van der Waals surface area contributed by atoms with Crippen molar-refractivity contribution >= 4 is 53.5 Å². The SMILES string of the molecule is CCC(Nc1c(Br)cc(Br)cc1Br)c1ccc(OC)cc1. The van der Waals surface area contributed by atoms with Gasteiger partial charge in [-0.1, -0.05) is 35.0 Å². The fraction of sp³-hybridized carbons (Fsp3) is 0.250. The van der Waals surface area contributed by atoms with Gasteiger partial charge in [-0.05, 0) is 68.1 Å². The minimum Gasteiger partial charge on any atom is -0.497 e. The number of methoxy groups -OCH3 is 1. The zero-order valence-corrected chi connectivity index (χ0v) is 16.5. The molecule has 2 aromatic carbocycles. The molecule has 1 unspecified atom stereocenters. The van der Waals surface area contributed by atoms with Gasteiger partial charge in [0.2, 0.25) is 0 Å². The van der Waals surface area contributed by atoms with Gasteiger partial charge in [-0.3, -0.25) is 0 Å². The normalized spacial score (nSPS) is 12.0. The number of nitrogens with one attached hydrogen (secondary N) is 1. The highest BCUT2D eigenvalue weighted by Crippen LogP contribution is 2.37. The third-order valence-electron chi connectivity index (χ3n) is 3.25. The molecule has 2 aromatic rings. The fourth-order valence-electron chi connectivity index (χ4n) is 2.11. The largest absolute Gasteiger partial charge is 0.497 e. The van der Waals surface area contributed by atoms with E-state index in [0.29, 0.717) is 0 Å². The fourth-order valence-corrected chi connectivity index (χ4v) is 4.60. The van der Waals surface area contributed by atoms with E-state index < -0.39 is 0 Å². The van der Waals surface area contributed by atoms with Crippen LogP contribution in [0.2, 0.25) is 0 Å². The zero-order valence-electron chi connectivity index (χ0n) is 11.8. The molecule has 0 aliphatic rings. The molecule has 0 radical (unpaired) electrons. The quantitative estimate of drug-likeness (QED) is 0.527. The maximum atomic E-state index is 5.21. The molecule has 1 atom stereocenters. The first-order valence-corrected chi connectivity index (χ1v) is 8.98. The molecular formula is C16H16Br3NO. The molecule has 21 heavy (non-hydrogen) atoms. The molecule has 0 aliphatic heterocycles. The predicted molar refractivity (Wildman–Crippen MR) is 99.2 cm³/mol. The van der Waals surface area contributed by atoms with Crippen molar-refractivity contribution in [3.8, 4) is 5.75 Å². The molecule has 1 N–H and O–H groups in total. The molecule has 0 amide bonds. The van der Waals surface area contributed by atoms with Crippen LogP contribution in [0, 0.1) is 0 Å². The number of hydrogen-bond donors (Lipinski definition) is 1. The summed E-state index contributed by atoms with van der Waals surface area (Å²) in [6.45, 7) is 2.17. The monoisotopic (exact) mass is 475 g/mol. The highest BCUT2D eigenvalue weighted by Gasteiger charge is 2.14. The van der Waals surface area contributed by atoms with Crippen molar-refractivity contribution in [1.29, 1.82) is 0 Å². The average molecular weight is 478 g/mol. The smallest absolute Gasteiger partial charge is 0.118 e. The van der Waals surface area contributed by atoms with Crippen LogP contribution in [0.4, 0.5) is 5.69 Å². The van der Waals surface area contributed by atoms with Gasteiger partial charge in [-0.15, -0.1) is 0 Å². The molecule has 2 nitrogen and oxygen atoms in total. The van der Waals surface area contributed by atoms with Crippen LogP contribution in [-0.2, 0) is 0 Å². The standard InChI is InChI=1S/C16H16Br3NO/c1-3-15(10-4-6-12(21-2)7-5-10)20-16-13(18)8-11(17)9-14(16)19/h4-9,15,20H,3H2,1-2H3. The van der Waals surface area contributed by atoms with Crippen LogP contribution in [0.1, 0.15) is 24.9 Å². The number of benzene rings is 2. The zero-order chi connectivity index (χ0) is 15.4. The summed E-state index contributed by atoms with van der Waals surface area (Å²) in [5.41, 5.74) is 2.29. The Morgan fingerprint density at radius 2 is 1.62 bits per heavy atom. The Hall–Kier alpha value is -0.520. The molecule has 0 heterocycles. The molecule has 0 aromatic heterocycles. The van der Waals surface area contributed by atoms with Crippen molar-refractivity contribution in [2.75, 3.05) is 12.4 Å². The Kier molecular flexibility index (Phi) is 6.14. The Bertz CT molecular complexity index is 590. The number of hydrogen-bond acceptors (Lipinski definition) is 2. The number of rotatable bonds is 5. The van der Waals surface area contributed by atoms with Crippen LogP contribution in [0.25, 0.3) is 0 Å². The first-order chi connectivity index (χ1) is 10.0. The lowest BCUT2D eigenvalue weighted by atomic mass is 10.0. The Balaban J connectivity index is 2.26. The van der Waals surface area contributed by atoms with Crippen LogP contribution in [0.3, 0.4) is 0 Å². The van der Waals surface area contributed by atoms with E-state index in [2.05, 4.69) is 72.2 Å². The Labute approximate surface area is 150 Å². The first-order valence-electron chi connectivity index (χ1n) is 6.60. The van der Waals surface area contributed by atoms with E-state index in [4.69, 9.17) is 4.74 Å². The van der Waals surface area contributed by atoms with Crippen LogP contribution in [0.5, 0.6) is 5.75 Å². The Morgan fingerprint density at radius 1 is 1.05 bits per heavy atom. The second-order valence-corrected chi connectivity index (χ2v) is 7.25. The summed E-state index contributed by atoms with van der Waals surface area (Å²) in [5.74, 6) is 0.875. The predicted octanol–water partition coefficient (Wildman–Crippen LogP) is 6.55. The summed E-state index contributed by atoms with van der Waals surface area (Å²) in [5, 5.41) is 3.59. The highest BCUT2D eigenvalue weighted by atomic mass is 79.9. The number of anilines is 1. The van der Waals surface area contributed by atoms with E-state index in [1.165, 1.54) is 5.56 Å². The molecular weight excluding hydrogens is 462 g/mol. The van der Waals surface area contributed by atoms with Gasteiger partial charge in [0.05, 0.1) is 18.8 Å². The van der Waals surface area contributed by atoms with Gasteiger partial charge < -0.3 is 10.1 Å². The molecule has 0 saturated carbocycles. The van der Waals surface area contributed by atoms with Gasteiger partial charge in [0.1, 0.15) is 5.75 Å². The molecule has 0 fully saturated rings. The third-order valence-corrected chi connectivity index (χ3v) is 4.96. The lowest BCUT2D eigenvalue weighted by Gasteiger charge is -2.21.